The third kappa shape index (κ3) is 1.84. The molecule has 0 aliphatic carbocycles. The first-order chi connectivity index (χ1) is 7.07. The Labute approximate surface area is 95.4 Å². The predicted octanol–water partition coefficient (Wildman–Crippen LogP) is 3.30. The van der Waals surface area contributed by atoms with Crippen LogP contribution in [-0.2, 0) is 0 Å². The van der Waals surface area contributed by atoms with Gasteiger partial charge in [-0.1, -0.05) is 20.8 Å². The van der Waals surface area contributed by atoms with Crippen LogP contribution < -0.4 is 0 Å². The zero-order valence-electron chi connectivity index (χ0n) is 11.0. The molecule has 2 aliphatic heterocycles. The second kappa shape index (κ2) is 4.08. The molecule has 0 aromatic rings. The summed E-state index contributed by atoms with van der Waals surface area (Å²) in [6, 6.07) is 0.900. The van der Waals surface area contributed by atoms with E-state index in [4.69, 9.17) is 0 Å². The smallest absolute Gasteiger partial charge is 0.0890 e. The lowest BCUT2D eigenvalue weighted by Crippen LogP contribution is -2.65. The highest BCUT2D eigenvalue weighted by Crippen LogP contribution is 2.39. The first kappa shape index (κ1) is 11.4. The molecule has 2 aliphatic rings. The van der Waals surface area contributed by atoms with Gasteiger partial charge in [0.2, 0.25) is 0 Å². The lowest BCUT2D eigenvalue weighted by Gasteiger charge is -2.55. The highest BCUT2D eigenvalue weighted by Gasteiger charge is 2.46. The largest absolute Gasteiger partial charge is 0.321 e. The predicted molar refractivity (Wildman–Crippen MR) is 65.7 cm³/mol. The monoisotopic (exact) mass is 210 g/mol. The summed E-state index contributed by atoms with van der Waals surface area (Å²) in [6.07, 6.45) is 4.42. The second-order valence-electron chi connectivity index (χ2n) is 6.35. The van der Waals surface area contributed by atoms with E-state index in [0.29, 0.717) is 0 Å². The number of quaternary nitrogens is 1. The third-order valence-corrected chi connectivity index (χ3v) is 5.71. The van der Waals surface area contributed by atoms with Crippen LogP contribution in [0.4, 0.5) is 0 Å². The first-order valence-electron chi connectivity index (χ1n) is 6.92. The van der Waals surface area contributed by atoms with Crippen molar-refractivity contribution in [2.75, 3.05) is 19.6 Å². The zero-order valence-corrected chi connectivity index (χ0v) is 11.0. The van der Waals surface area contributed by atoms with E-state index in [9.17, 15) is 0 Å². The van der Waals surface area contributed by atoms with Gasteiger partial charge in [-0.25, -0.2) is 0 Å². The molecule has 1 heteroatoms. The van der Waals surface area contributed by atoms with Crippen molar-refractivity contribution in [3.8, 4) is 0 Å². The number of hydrogen-bond acceptors (Lipinski definition) is 0. The molecule has 88 valence electrons. The molecule has 0 aromatic heterocycles. The lowest BCUT2D eigenvalue weighted by molar-refractivity contribution is -0.966. The van der Waals surface area contributed by atoms with Gasteiger partial charge in [0.25, 0.3) is 0 Å². The molecule has 1 spiro atoms. The standard InChI is InChI=1S/C14H28N/c1-11-10-15(8-6-5-7-9-15)14(4)13(3)12(11)2/h11-14H,5-10H2,1-4H3/q+1. The molecule has 1 nitrogen and oxygen atoms in total. The number of piperidine rings is 2. The fourth-order valence-electron chi connectivity index (χ4n) is 4.09. The van der Waals surface area contributed by atoms with E-state index < -0.39 is 0 Å². The molecule has 2 rings (SSSR count). The van der Waals surface area contributed by atoms with Gasteiger partial charge >= 0.3 is 0 Å². The van der Waals surface area contributed by atoms with Gasteiger partial charge in [0.1, 0.15) is 0 Å². The van der Waals surface area contributed by atoms with Crippen LogP contribution >= 0.6 is 0 Å². The maximum absolute atomic E-state index is 2.51. The molecule has 0 bridgehead atoms. The lowest BCUT2D eigenvalue weighted by atomic mass is 9.74. The molecule has 0 aromatic carbocycles. The van der Waals surface area contributed by atoms with Crippen LogP contribution in [-0.4, -0.2) is 30.2 Å². The van der Waals surface area contributed by atoms with Crippen LogP contribution in [0, 0.1) is 17.8 Å². The van der Waals surface area contributed by atoms with Gasteiger partial charge in [0.05, 0.1) is 25.7 Å². The average molecular weight is 210 g/mol. The van der Waals surface area contributed by atoms with E-state index in [-0.39, 0.29) is 0 Å². The number of rotatable bonds is 0. The van der Waals surface area contributed by atoms with Gasteiger partial charge in [-0.15, -0.1) is 0 Å². The average Bonchev–Trinajstić information content (AvgIpc) is 2.25. The van der Waals surface area contributed by atoms with Crippen LogP contribution in [0.25, 0.3) is 0 Å². The van der Waals surface area contributed by atoms with Gasteiger partial charge in [0.15, 0.2) is 0 Å². The molecule has 2 heterocycles. The number of hydrogen-bond donors (Lipinski definition) is 0. The van der Waals surface area contributed by atoms with Gasteiger partial charge in [0, 0.05) is 11.8 Å². The highest BCUT2D eigenvalue weighted by molar-refractivity contribution is 4.80. The molecule has 0 amide bonds. The Bertz CT molecular complexity index is 217. The van der Waals surface area contributed by atoms with E-state index >= 15 is 0 Å². The van der Waals surface area contributed by atoms with Gasteiger partial charge in [-0.3, -0.25) is 0 Å². The van der Waals surface area contributed by atoms with Crippen LogP contribution in [0.3, 0.4) is 0 Å². The van der Waals surface area contributed by atoms with Crippen molar-refractivity contribution in [1.29, 1.82) is 0 Å². The first-order valence-corrected chi connectivity index (χ1v) is 6.92. The Morgan fingerprint density at radius 2 is 1.40 bits per heavy atom. The molecule has 4 atom stereocenters. The zero-order chi connectivity index (χ0) is 11.1. The molecular formula is C14H28N+. The summed E-state index contributed by atoms with van der Waals surface area (Å²) in [5, 5.41) is 0. The third-order valence-electron chi connectivity index (χ3n) is 5.71. The summed E-state index contributed by atoms with van der Waals surface area (Å²) < 4.78 is 1.45. The minimum atomic E-state index is 0.900. The quantitative estimate of drug-likeness (QED) is 0.538. The van der Waals surface area contributed by atoms with E-state index in [0.717, 1.165) is 23.8 Å². The van der Waals surface area contributed by atoms with Gasteiger partial charge in [-0.05, 0) is 32.1 Å². The van der Waals surface area contributed by atoms with Crippen LogP contribution in [0.1, 0.15) is 47.0 Å². The molecule has 0 saturated carbocycles. The Morgan fingerprint density at radius 3 is 2.00 bits per heavy atom. The van der Waals surface area contributed by atoms with Gasteiger partial charge in [-0.2, -0.15) is 0 Å². The van der Waals surface area contributed by atoms with Crippen LogP contribution in [0.15, 0.2) is 0 Å². The SMILES string of the molecule is CC1C[N+]2(CCCCC2)C(C)C(C)C1C. The Morgan fingerprint density at radius 1 is 0.800 bits per heavy atom. The second-order valence-corrected chi connectivity index (χ2v) is 6.35. The maximum atomic E-state index is 2.51. The summed E-state index contributed by atoms with van der Waals surface area (Å²) in [5.74, 6) is 2.76. The normalized spacial score (nSPS) is 45.6. The van der Waals surface area contributed by atoms with Crippen molar-refractivity contribution < 1.29 is 4.48 Å². The molecule has 2 fully saturated rings. The summed E-state index contributed by atoms with van der Waals surface area (Å²) in [6.45, 7) is 14.3. The van der Waals surface area contributed by atoms with E-state index in [1.807, 2.05) is 0 Å². The fraction of sp³-hybridized carbons (Fsp3) is 1.00. The fourth-order valence-corrected chi connectivity index (χ4v) is 4.09. The molecule has 4 unspecified atom stereocenters. The summed E-state index contributed by atoms with van der Waals surface area (Å²) in [4.78, 5) is 0. The Balaban J connectivity index is 2.17. The van der Waals surface area contributed by atoms with E-state index in [1.165, 1.54) is 43.4 Å². The Hall–Kier alpha value is -0.0400. The maximum Gasteiger partial charge on any atom is 0.0890 e. The molecule has 0 radical (unpaired) electrons. The molecule has 15 heavy (non-hydrogen) atoms. The van der Waals surface area contributed by atoms with Crippen LogP contribution in [0.2, 0.25) is 0 Å². The van der Waals surface area contributed by atoms with Gasteiger partial charge < -0.3 is 4.48 Å². The van der Waals surface area contributed by atoms with E-state index in [2.05, 4.69) is 27.7 Å². The topological polar surface area (TPSA) is 0 Å². The van der Waals surface area contributed by atoms with Crippen molar-refractivity contribution in [2.24, 2.45) is 17.8 Å². The summed E-state index contributed by atoms with van der Waals surface area (Å²) in [5.41, 5.74) is 0. The van der Waals surface area contributed by atoms with Crippen molar-refractivity contribution in [3.05, 3.63) is 0 Å². The van der Waals surface area contributed by atoms with Crippen molar-refractivity contribution in [2.45, 2.75) is 53.0 Å². The minimum Gasteiger partial charge on any atom is -0.321 e. The molecule has 2 saturated heterocycles. The van der Waals surface area contributed by atoms with Crippen LogP contribution in [0.5, 0.6) is 0 Å². The number of nitrogens with zero attached hydrogens (tertiary/aromatic N) is 1. The molecular weight excluding hydrogens is 182 g/mol. The van der Waals surface area contributed by atoms with Crippen molar-refractivity contribution >= 4 is 0 Å². The summed E-state index contributed by atoms with van der Waals surface area (Å²) in [7, 11) is 0. The molecule has 0 N–H and O–H groups in total. The van der Waals surface area contributed by atoms with E-state index in [1.54, 1.807) is 0 Å². The Kier molecular flexibility index (Phi) is 3.12. The van der Waals surface area contributed by atoms with Crippen molar-refractivity contribution in [1.82, 2.24) is 0 Å². The summed E-state index contributed by atoms with van der Waals surface area (Å²) >= 11 is 0. The minimum absolute atomic E-state index is 0.900. The van der Waals surface area contributed by atoms with Crippen molar-refractivity contribution in [3.63, 3.8) is 0 Å². The highest BCUT2D eigenvalue weighted by atomic mass is 15.4.